The van der Waals surface area contributed by atoms with Gasteiger partial charge < -0.3 is 29.7 Å². The zero-order chi connectivity index (χ0) is 46.2. The number of terminal acetylenes is 1. The lowest BCUT2D eigenvalue weighted by Crippen LogP contribution is -2.39. The number of halogens is 4. The van der Waals surface area contributed by atoms with Crippen LogP contribution in [0, 0.1) is 12.3 Å². The Hall–Kier alpha value is -1.52. The molecule has 2 atom stereocenters. The van der Waals surface area contributed by atoms with Crippen LogP contribution in [0.25, 0.3) is 0 Å². The molecule has 3 N–H and O–H groups in total. The Balaban J connectivity index is 0.00000108. The molecule has 0 aromatic heterocycles. The first kappa shape index (κ1) is 57.5. The SMILES string of the molecule is C#CCOCC(O)COc1c(Br)cc(C(C)(C)c2cc(Br)c(OCC(O)CC)c(Br)c2)cc1Br.C=CC(=O)NC(C)(C)C.CC(C)(C)N1CC1.CC(C)(C)OS(C)(=O)=O. The number of ether oxygens (including phenoxy) is 3. The molecule has 1 aliphatic rings. The van der Waals surface area contributed by atoms with Gasteiger partial charge in [0.25, 0.3) is 10.1 Å². The normalized spacial score (nSPS) is 14.1. The summed E-state index contributed by atoms with van der Waals surface area (Å²) in [5.41, 5.74) is 1.44. The first-order chi connectivity index (χ1) is 26.8. The van der Waals surface area contributed by atoms with Crippen LogP contribution in [0.4, 0.5) is 0 Å². The summed E-state index contributed by atoms with van der Waals surface area (Å²) in [5, 5.41) is 22.6. The summed E-state index contributed by atoms with van der Waals surface area (Å²) in [6.45, 7) is 30.3. The summed E-state index contributed by atoms with van der Waals surface area (Å²) < 4.78 is 45.3. The maximum absolute atomic E-state index is 10.6. The van der Waals surface area contributed by atoms with Crippen LogP contribution >= 0.6 is 63.7 Å². The van der Waals surface area contributed by atoms with Crippen molar-refractivity contribution in [3.63, 3.8) is 0 Å². The van der Waals surface area contributed by atoms with Gasteiger partial charge in [-0.3, -0.25) is 13.9 Å². The van der Waals surface area contributed by atoms with Crippen molar-refractivity contribution in [2.24, 2.45) is 0 Å². The van der Waals surface area contributed by atoms with Gasteiger partial charge in [-0.05, 0) is 174 Å². The summed E-state index contributed by atoms with van der Waals surface area (Å²) in [5.74, 6) is 3.49. The van der Waals surface area contributed by atoms with Gasteiger partial charge in [0.1, 0.15) is 37.4 Å². The molecule has 59 heavy (non-hydrogen) atoms. The van der Waals surface area contributed by atoms with Gasteiger partial charge in [0, 0.05) is 29.6 Å². The van der Waals surface area contributed by atoms with Crippen LogP contribution in [-0.2, 0) is 29.2 Å². The van der Waals surface area contributed by atoms with E-state index in [1.165, 1.54) is 19.2 Å². The number of aliphatic hydroxyl groups is 2. The highest BCUT2D eigenvalue weighted by Gasteiger charge is 2.30. The van der Waals surface area contributed by atoms with Gasteiger partial charge >= 0.3 is 0 Å². The van der Waals surface area contributed by atoms with Crippen molar-refractivity contribution in [3.05, 3.63) is 65.9 Å². The van der Waals surface area contributed by atoms with Gasteiger partial charge in [-0.2, -0.15) is 8.42 Å². The lowest BCUT2D eigenvalue weighted by atomic mass is 9.78. The average molecular weight is 1110 g/mol. The third-order valence-electron chi connectivity index (χ3n) is 7.73. The number of rotatable bonds is 14. The molecule has 3 rings (SSSR count). The first-order valence-electron chi connectivity index (χ1n) is 19.0. The van der Waals surface area contributed by atoms with Gasteiger partial charge in [-0.1, -0.05) is 33.3 Å². The number of carbonyl (C=O) groups excluding carboxylic acids is 1. The molecule has 1 fully saturated rings. The second kappa shape index (κ2) is 25.6. The molecule has 1 heterocycles. The van der Waals surface area contributed by atoms with E-state index in [1.807, 2.05) is 52.0 Å². The second-order valence-corrected chi connectivity index (χ2v) is 22.2. The Bertz CT molecular complexity index is 1750. The Morgan fingerprint density at radius 3 is 1.49 bits per heavy atom. The summed E-state index contributed by atoms with van der Waals surface area (Å²) in [7, 11) is -3.28. The molecule has 1 saturated heterocycles. The molecule has 0 spiro atoms. The molecule has 2 aromatic carbocycles. The minimum absolute atomic E-state index is 0.0681. The van der Waals surface area contributed by atoms with Gasteiger partial charge in [0.15, 0.2) is 0 Å². The molecule has 1 amide bonds. The topological polar surface area (TPSA) is 144 Å². The fraction of sp³-hybridized carbons (Fsp3) is 0.605. The fourth-order valence-corrected chi connectivity index (χ4v) is 8.40. The third-order valence-corrected chi connectivity index (χ3v) is 10.9. The second-order valence-electron chi connectivity index (χ2n) is 17.2. The lowest BCUT2D eigenvalue weighted by molar-refractivity contribution is -0.117. The number of nitrogens with zero attached hydrogens (tertiary/aromatic N) is 1. The molecular formula is C43H66Br4N2O9S. The van der Waals surface area contributed by atoms with Crippen LogP contribution in [0.5, 0.6) is 11.5 Å². The van der Waals surface area contributed by atoms with E-state index >= 15 is 0 Å². The van der Waals surface area contributed by atoms with Gasteiger partial charge in [-0.15, -0.1) is 6.42 Å². The molecule has 0 radical (unpaired) electrons. The number of benzene rings is 2. The van der Waals surface area contributed by atoms with Crippen LogP contribution in [-0.4, -0.2) is 104 Å². The van der Waals surface area contributed by atoms with Crippen LogP contribution < -0.4 is 14.8 Å². The molecule has 0 saturated carbocycles. The molecule has 0 bridgehead atoms. The highest BCUT2D eigenvalue weighted by Crippen LogP contribution is 2.44. The van der Waals surface area contributed by atoms with Crippen molar-refractivity contribution < 1.29 is 41.8 Å². The van der Waals surface area contributed by atoms with E-state index in [0.29, 0.717) is 23.5 Å². The number of carbonyl (C=O) groups is 1. The number of amides is 1. The summed E-state index contributed by atoms with van der Waals surface area (Å²) >= 11 is 14.4. The maximum Gasteiger partial charge on any atom is 0.264 e. The van der Waals surface area contributed by atoms with Gasteiger partial charge in [0.05, 0.1) is 42.5 Å². The van der Waals surface area contributed by atoms with Crippen molar-refractivity contribution in [2.75, 3.05) is 45.8 Å². The summed E-state index contributed by atoms with van der Waals surface area (Å²) in [6.07, 6.45) is 6.77. The number of hydrogen-bond acceptors (Lipinski definition) is 10. The first-order valence-corrected chi connectivity index (χ1v) is 24.0. The van der Waals surface area contributed by atoms with E-state index in [-0.39, 0.29) is 43.3 Å². The van der Waals surface area contributed by atoms with Crippen molar-refractivity contribution in [1.29, 1.82) is 0 Å². The molecule has 11 nitrogen and oxygen atoms in total. The van der Waals surface area contributed by atoms with E-state index in [4.69, 9.17) is 20.6 Å². The quantitative estimate of drug-likeness (QED) is 0.0551. The number of hydrogen-bond donors (Lipinski definition) is 3. The monoisotopic (exact) mass is 1100 g/mol. The van der Waals surface area contributed by atoms with Crippen LogP contribution in [0.1, 0.15) is 101 Å². The molecule has 1 aliphatic heterocycles. The van der Waals surface area contributed by atoms with Crippen LogP contribution in [0.15, 0.2) is 54.8 Å². The fourth-order valence-electron chi connectivity index (χ4n) is 4.66. The standard InChI is InChI=1S/C25H28Br4O5.C7H13NO.C6H13N.C5H12O3S/c1-5-7-32-12-18(31)14-34-24-21(28)10-16(11-22(24)29)25(3,4)15-8-19(26)23(20(27)9-15)33-13-17(30)6-2;1-5-6(9)8-7(2,3)4;1-6(2,3)7-4-5-7;1-5(2,3)8-9(4,6)7/h1,8-11,17-18,30-31H,6-7,12-14H2,2-4H3;5H,1H2,2-4H3,(H,8,9);4-5H2,1-3H3;1-4H3. The van der Waals surface area contributed by atoms with Crippen molar-refractivity contribution in [1.82, 2.24) is 10.2 Å². The lowest BCUT2D eigenvalue weighted by Gasteiger charge is -2.28. The Morgan fingerprint density at radius 1 is 0.847 bits per heavy atom. The van der Waals surface area contributed by atoms with Crippen molar-refractivity contribution in [3.8, 4) is 23.8 Å². The molecule has 336 valence electrons. The van der Waals surface area contributed by atoms with E-state index in [0.717, 1.165) is 35.3 Å². The van der Waals surface area contributed by atoms with E-state index < -0.39 is 27.9 Å². The van der Waals surface area contributed by atoms with Crippen molar-refractivity contribution in [2.45, 2.75) is 124 Å². The largest absolute Gasteiger partial charge is 0.489 e. The van der Waals surface area contributed by atoms with E-state index in [9.17, 15) is 23.4 Å². The Kier molecular flexibility index (Phi) is 24.9. The Morgan fingerprint density at radius 2 is 1.25 bits per heavy atom. The number of aliphatic hydroxyl groups excluding tert-OH is 2. The van der Waals surface area contributed by atoms with Gasteiger partial charge in [-0.25, -0.2) is 0 Å². The highest BCUT2D eigenvalue weighted by atomic mass is 79.9. The Labute approximate surface area is 388 Å². The summed E-state index contributed by atoms with van der Waals surface area (Å²) in [6, 6.07) is 8.06. The minimum Gasteiger partial charge on any atom is -0.489 e. The predicted octanol–water partition coefficient (Wildman–Crippen LogP) is 9.55. The zero-order valence-electron chi connectivity index (χ0n) is 36.9. The van der Waals surface area contributed by atoms with E-state index in [1.54, 1.807) is 20.8 Å². The van der Waals surface area contributed by atoms with Crippen LogP contribution in [0.3, 0.4) is 0 Å². The maximum atomic E-state index is 10.6. The molecular weight excluding hydrogens is 1040 g/mol. The van der Waals surface area contributed by atoms with E-state index in [2.05, 4.69) is 125 Å². The average Bonchev–Trinajstić information content (AvgIpc) is 3.92. The number of nitrogens with one attached hydrogen (secondary N) is 1. The molecule has 2 aromatic rings. The molecule has 16 heteroatoms. The zero-order valence-corrected chi connectivity index (χ0v) is 44.1. The molecule has 2 unspecified atom stereocenters. The smallest absolute Gasteiger partial charge is 0.264 e. The predicted molar refractivity (Wildman–Crippen MR) is 254 cm³/mol. The summed E-state index contributed by atoms with van der Waals surface area (Å²) in [4.78, 5) is 13.0. The molecule has 0 aliphatic carbocycles. The highest BCUT2D eigenvalue weighted by molar-refractivity contribution is 9.11. The third kappa shape index (κ3) is 25.3. The van der Waals surface area contributed by atoms with Crippen molar-refractivity contribution >= 4 is 79.7 Å². The van der Waals surface area contributed by atoms with Gasteiger partial charge in [0.2, 0.25) is 5.91 Å². The van der Waals surface area contributed by atoms with Crippen LogP contribution in [0.2, 0.25) is 0 Å². The minimum atomic E-state index is -3.28.